The third-order valence-corrected chi connectivity index (χ3v) is 2.28. The fourth-order valence-electron chi connectivity index (χ4n) is 1.39. The van der Waals surface area contributed by atoms with Gasteiger partial charge in [0, 0.05) is 6.07 Å². The van der Waals surface area contributed by atoms with Gasteiger partial charge in [0.1, 0.15) is 18.6 Å². The van der Waals surface area contributed by atoms with Crippen LogP contribution in [0.25, 0.3) is 0 Å². The van der Waals surface area contributed by atoms with E-state index in [4.69, 9.17) is 14.6 Å². The van der Waals surface area contributed by atoms with Gasteiger partial charge in [0.05, 0.1) is 12.7 Å². The van der Waals surface area contributed by atoms with Crippen molar-refractivity contribution >= 4 is 5.97 Å². The van der Waals surface area contributed by atoms with Crippen molar-refractivity contribution in [3.05, 3.63) is 41.8 Å². The molecule has 1 aromatic carbocycles. The van der Waals surface area contributed by atoms with Crippen LogP contribution in [0.3, 0.4) is 0 Å². The summed E-state index contributed by atoms with van der Waals surface area (Å²) in [5.41, 5.74) is 0.740. The predicted molar refractivity (Wildman–Crippen MR) is 60.8 cm³/mol. The maximum absolute atomic E-state index is 10.9. The Kier molecular flexibility index (Phi) is 3.47. The Morgan fingerprint density at radius 3 is 2.83 bits per heavy atom. The van der Waals surface area contributed by atoms with Crippen molar-refractivity contribution in [3.8, 4) is 11.5 Å². The number of hydrogen-bond donors (Lipinski definition) is 1. The zero-order valence-electron chi connectivity index (χ0n) is 9.62. The van der Waals surface area contributed by atoms with Gasteiger partial charge in [0.25, 0.3) is 0 Å². The summed E-state index contributed by atoms with van der Waals surface area (Å²) in [7, 11) is 1.48. The number of aromatic nitrogens is 1. The van der Waals surface area contributed by atoms with Crippen LogP contribution in [0.2, 0.25) is 0 Å². The number of carboxylic acid groups (broad SMARTS) is 1. The molecule has 0 saturated carbocycles. The molecule has 1 heterocycles. The molecular formula is C12H11NO5. The first-order valence-electron chi connectivity index (χ1n) is 5.14. The van der Waals surface area contributed by atoms with E-state index in [-0.39, 0.29) is 12.2 Å². The van der Waals surface area contributed by atoms with Crippen LogP contribution in [0.5, 0.6) is 11.5 Å². The molecule has 1 N–H and O–H groups in total. The lowest BCUT2D eigenvalue weighted by molar-refractivity contribution is 0.0696. The van der Waals surface area contributed by atoms with Crippen LogP contribution in [-0.4, -0.2) is 23.3 Å². The number of benzene rings is 1. The van der Waals surface area contributed by atoms with Crippen LogP contribution in [0.4, 0.5) is 0 Å². The summed E-state index contributed by atoms with van der Waals surface area (Å²) >= 11 is 0. The number of nitrogens with zero attached hydrogens (tertiary/aromatic N) is 1. The molecule has 2 rings (SSSR count). The molecule has 6 nitrogen and oxygen atoms in total. The van der Waals surface area contributed by atoms with Gasteiger partial charge in [-0.2, -0.15) is 0 Å². The van der Waals surface area contributed by atoms with Crippen LogP contribution in [0, 0.1) is 0 Å². The van der Waals surface area contributed by atoms with E-state index < -0.39 is 5.97 Å². The Hall–Kier alpha value is -2.50. The largest absolute Gasteiger partial charge is 0.493 e. The summed E-state index contributed by atoms with van der Waals surface area (Å²) in [6.07, 6.45) is 1.43. The van der Waals surface area contributed by atoms with Crippen LogP contribution >= 0.6 is 0 Å². The van der Waals surface area contributed by atoms with Gasteiger partial charge in [-0.25, -0.2) is 4.79 Å². The number of carboxylic acids is 1. The zero-order chi connectivity index (χ0) is 13.0. The molecule has 2 aromatic rings. The summed E-state index contributed by atoms with van der Waals surface area (Å²) in [6.45, 7) is 0.177. The maximum atomic E-state index is 10.9. The molecule has 0 aliphatic rings. The Balaban J connectivity index is 2.18. The van der Waals surface area contributed by atoms with E-state index >= 15 is 0 Å². The van der Waals surface area contributed by atoms with E-state index in [1.807, 2.05) is 0 Å². The first-order valence-corrected chi connectivity index (χ1v) is 5.14. The van der Waals surface area contributed by atoms with E-state index in [1.165, 1.54) is 25.5 Å². The quantitative estimate of drug-likeness (QED) is 0.872. The molecule has 0 amide bonds. The highest BCUT2D eigenvalue weighted by atomic mass is 16.5. The van der Waals surface area contributed by atoms with Crippen molar-refractivity contribution in [3.63, 3.8) is 0 Å². The normalized spacial score (nSPS) is 10.1. The molecule has 94 valence electrons. The summed E-state index contributed by atoms with van der Waals surface area (Å²) < 4.78 is 15.2. The SMILES string of the molecule is COc1ccc(C(=O)O)cc1OCc1ccon1. The van der Waals surface area contributed by atoms with Crippen molar-refractivity contribution in [1.29, 1.82) is 0 Å². The minimum atomic E-state index is -1.02. The van der Waals surface area contributed by atoms with E-state index in [0.717, 1.165) is 0 Å². The second-order valence-electron chi connectivity index (χ2n) is 3.45. The summed E-state index contributed by atoms with van der Waals surface area (Å²) in [4.78, 5) is 10.9. The highest BCUT2D eigenvalue weighted by Crippen LogP contribution is 2.28. The minimum absolute atomic E-state index is 0.131. The second kappa shape index (κ2) is 5.22. The highest BCUT2D eigenvalue weighted by molar-refractivity contribution is 5.88. The summed E-state index contributed by atoms with van der Waals surface area (Å²) in [5.74, 6) is -0.215. The lowest BCUT2D eigenvalue weighted by Gasteiger charge is -2.10. The molecule has 0 fully saturated rings. The molecule has 0 aliphatic heterocycles. The molecule has 0 atom stereocenters. The van der Waals surface area contributed by atoms with Crippen LogP contribution < -0.4 is 9.47 Å². The number of hydrogen-bond acceptors (Lipinski definition) is 5. The van der Waals surface area contributed by atoms with Gasteiger partial charge in [-0.15, -0.1) is 0 Å². The molecule has 0 saturated heterocycles. The standard InChI is InChI=1S/C12H11NO5/c1-16-10-3-2-8(12(14)15)6-11(10)17-7-9-4-5-18-13-9/h2-6H,7H2,1H3,(H,14,15). The van der Waals surface area contributed by atoms with E-state index in [0.29, 0.717) is 17.2 Å². The molecular weight excluding hydrogens is 238 g/mol. The number of carbonyl (C=O) groups is 1. The van der Waals surface area contributed by atoms with Crippen LogP contribution in [0.15, 0.2) is 35.1 Å². The molecule has 0 aliphatic carbocycles. The smallest absolute Gasteiger partial charge is 0.335 e. The molecule has 1 aromatic heterocycles. The Labute approximate surface area is 103 Å². The number of rotatable bonds is 5. The van der Waals surface area contributed by atoms with Crippen molar-refractivity contribution in [2.75, 3.05) is 7.11 Å². The predicted octanol–water partition coefficient (Wildman–Crippen LogP) is 1.96. The van der Waals surface area contributed by atoms with Crippen molar-refractivity contribution in [1.82, 2.24) is 5.16 Å². The number of ether oxygens (including phenoxy) is 2. The summed E-state index contributed by atoms with van der Waals surface area (Å²) in [5, 5.41) is 12.6. The van der Waals surface area contributed by atoms with Crippen LogP contribution in [-0.2, 0) is 6.61 Å². The zero-order valence-corrected chi connectivity index (χ0v) is 9.62. The molecule has 0 spiro atoms. The average molecular weight is 249 g/mol. The van der Waals surface area contributed by atoms with Gasteiger partial charge in [0.2, 0.25) is 0 Å². The van der Waals surface area contributed by atoms with Gasteiger partial charge >= 0.3 is 5.97 Å². The third-order valence-electron chi connectivity index (χ3n) is 2.28. The van der Waals surface area contributed by atoms with Crippen molar-refractivity contribution in [2.45, 2.75) is 6.61 Å². The monoisotopic (exact) mass is 249 g/mol. The Morgan fingerprint density at radius 1 is 1.39 bits per heavy atom. The molecule has 0 radical (unpaired) electrons. The molecule has 0 unspecified atom stereocenters. The highest BCUT2D eigenvalue weighted by Gasteiger charge is 2.10. The van der Waals surface area contributed by atoms with Gasteiger partial charge < -0.3 is 19.1 Å². The lowest BCUT2D eigenvalue weighted by Crippen LogP contribution is -2.01. The van der Waals surface area contributed by atoms with Gasteiger partial charge in [0.15, 0.2) is 11.5 Å². The average Bonchev–Trinajstić information content (AvgIpc) is 2.89. The first kappa shape index (κ1) is 12.0. The molecule has 18 heavy (non-hydrogen) atoms. The molecule has 0 bridgehead atoms. The first-order chi connectivity index (χ1) is 8.70. The Morgan fingerprint density at radius 2 is 2.22 bits per heavy atom. The fourth-order valence-corrected chi connectivity index (χ4v) is 1.39. The van der Waals surface area contributed by atoms with Gasteiger partial charge in [-0.3, -0.25) is 0 Å². The lowest BCUT2D eigenvalue weighted by atomic mass is 10.2. The topological polar surface area (TPSA) is 81.8 Å². The van der Waals surface area contributed by atoms with E-state index in [9.17, 15) is 4.79 Å². The van der Waals surface area contributed by atoms with Crippen molar-refractivity contribution in [2.24, 2.45) is 0 Å². The molecule has 6 heteroatoms. The van der Waals surface area contributed by atoms with Crippen LogP contribution in [0.1, 0.15) is 16.1 Å². The second-order valence-corrected chi connectivity index (χ2v) is 3.45. The number of aromatic carboxylic acids is 1. The van der Waals surface area contributed by atoms with Gasteiger partial charge in [-0.05, 0) is 18.2 Å². The van der Waals surface area contributed by atoms with E-state index in [1.54, 1.807) is 12.1 Å². The minimum Gasteiger partial charge on any atom is -0.493 e. The number of methoxy groups -OCH3 is 1. The van der Waals surface area contributed by atoms with Gasteiger partial charge in [-0.1, -0.05) is 5.16 Å². The Bertz CT molecular complexity index is 535. The third kappa shape index (κ3) is 2.60. The maximum Gasteiger partial charge on any atom is 0.335 e. The van der Waals surface area contributed by atoms with E-state index in [2.05, 4.69) is 9.68 Å². The summed E-state index contributed by atoms with van der Waals surface area (Å²) in [6, 6.07) is 6.06. The van der Waals surface area contributed by atoms with Crippen molar-refractivity contribution < 1.29 is 23.9 Å². The fraction of sp³-hybridized carbons (Fsp3) is 0.167.